The molecule has 0 radical (unpaired) electrons. The molecule has 180 valence electrons. The van der Waals surface area contributed by atoms with E-state index in [2.05, 4.69) is 42.6 Å². The summed E-state index contributed by atoms with van der Waals surface area (Å²) in [6.45, 7) is 3.81. The van der Waals surface area contributed by atoms with E-state index in [1.54, 1.807) is 0 Å². The van der Waals surface area contributed by atoms with Crippen LogP contribution >= 0.6 is 0 Å². The van der Waals surface area contributed by atoms with E-state index in [-0.39, 0.29) is 5.91 Å². The number of aliphatic hydroxyl groups excluding tert-OH is 3. The van der Waals surface area contributed by atoms with Crippen molar-refractivity contribution in [2.24, 2.45) is 0 Å². The second-order valence-corrected chi connectivity index (χ2v) is 8.18. The molecule has 0 aromatic rings. The first-order valence-electron chi connectivity index (χ1n) is 12.2. The zero-order valence-corrected chi connectivity index (χ0v) is 19.8. The number of hydrogen-bond acceptors (Lipinski definition) is 4. The molecule has 3 atom stereocenters. The summed E-state index contributed by atoms with van der Waals surface area (Å²) < 4.78 is 0. The maximum Gasteiger partial charge on any atom is 0.220 e. The van der Waals surface area contributed by atoms with Crippen LogP contribution < -0.4 is 5.32 Å². The molecule has 0 aromatic heterocycles. The molecular weight excluding hydrogens is 390 g/mol. The Kier molecular flexibility index (Phi) is 20.8. The third kappa shape index (κ3) is 17.9. The van der Waals surface area contributed by atoms with Gasteiger partial charge in [-0.3, -0.25) is 4.79 Å². The van der Waals surface area contributed by atoms with Gasteiger partial charge in [-0.25, -0.2) is 0 Å². The molecule has 0 saturated heterocycles. The lowest BCUT2D eigenvalue weighted by atomic mass is 10.0. The van der Waals surface area contributed by atoms with E-state index >= 15 is 0 Å². The molecule has 0 aliphatic heterocycles. The number of hydrogen-bond donors (Lipinski definition) is 4. The molecule has 0 saturated carbocycles. The molecule has 4 N–H and O–H groups in total. The highest BCUT2D eigenvalue weighted by Gasteiger charge is 2.26. The second-order valence-electron chi connectivity index (χ2n) is 8.18. The molecule has 0 heterocycles. The van der Waals surface area contributed by atoms with Crippen LogP contribution in [0.2, 0.25) is 0 Å². The summed E-state index contributed by atoms with van der Waals surface area (Å²) >= 11 is 0. The van der Waals surface area contributed by atoms with Gasteiger partial charge in [-0.15, -0.1) is 0 Å². The summed E-state index contributed by atoms with van der Waals surface area (Å²) in [5.74, 6) is -0.203. The Labute approximate surface area is 190 Å². The van der Waals surface area contributed by atoms with E-state index in [1.807, 2.05) is 13.0 Å². The summed E-state index contributed by atoms with van der Waals surface area (Å²) in [7, 11) is 0. The number of nitrogens with one attached hydrogen (secondary N) is 1. The topological polar surface area (TPSA) is 89.8 Å². The van der Waals surface area contributed by atoms with Gasteiger partial charge in [-0.2, -0.15) is 0 Å². The number of carbonyl (C=O) groups excluding carboxylic acids is 1. The number of aliphatic hydroxyl groups is 3. The van der Waals surface area contributed by atoms with Crippen LogP contribution in [0.4, 0.5) is 0 Å². The van der Waals surface area contributed by atoms with Gasteiger partial charge in [0.2, 0.25) is 5.91 Å². The van der Waals surface area contributed by atoms with Crippen LogP contribution in [0.5, 0.6) is 0 Å². The van der Waals surface area contributed by atoms with Crippen molar-refractivity contribution in [2.75, 3.05) is 6.61 Å². The highest BCUT2D eigenvalue weighted by molar-refractivity contribution is 5.76. The number of rotatable bonds is 20. The van der Waals surface area contributed by atoms with E-state index in [4.69, 9.17) is 0 Å². The van der Waals surface area contributed by atoms with Crippen molar-refractivity contribution >= 4 is 5.91 Å². The minimum absolute atomic E-state index is 0.203. The van der Waals surface area contributed by atoms with Crippen LogP contribution in [0, 0.1) is 0 Å². The summed E-state index contributed by atoms with van der Waals surface area (Å²) in [6.07, 6.45) is 22.6. The standard InChI is InChI=1S/C26H47NO4/c1-3-5-7-9-11-13-15-17-19-21-25(30)27-23(22-28)26(31)24(29)20-18-16-14-12-10-8-6-4-2/h4,6,12-15,23-24,26,28-29,31H,3,5,7-11,16-22H2,1-2H3,(H,27,30)/b6-4+,14-12+,15-13-. The fourth-order valence-corrected chi connectivity index (χ4v) is 3.30. The fraction of sp³-hybridized carbons (Fsp3) is 0.731. The minimum atomic E-state index is -1.17. The third-order valence-corrected chi connectivity index (χ3v) is 5.29. The largest absolute Gasteiger partial charge is 0.394 e. The molecule has 0 rings (SSSR count). The number of allylic oxidation sites excluding steroid dienone is 6. The first-order valence-corrected chi connectivity index (χ1v) is 12.2. The number of unbranched alkanes of at least 4 members (excludes halogenated alkanes) is 7. The van der Waals surface area contributed by atoms with E-state index in [9.17, 15) is 20.1 Å². The molecule has 0 aliphatic rings. The zero-order chi connectivity index (χ0) is 23.2. The van der Waals surface area contributed by atoms with Gasteiger partial charge < -0.3 is 20.6 Å². The summed E-state index contributed by atoms with van der Waals surface area (Å²) in [4.78, 5) is 12.1. The predicted octanol–water partition coefficient (Wildman–Crippen LogP) is 4.97. The van der Waals surface area contributed by atoms with Crippen molar-refractivity contribution < 1.29 is 20.1 Å². The average molecular weight is 438 g/mol. The van der Waals surface area contributed by atoms with Crippen LogP contribution in [0.25, 0.3) is 0 Å². The maximum atomic E-state index is 12.1. The highest BCUT2D eigenvalue weighted by atomic mass is 16.3. The minimum Gasteiger partial charge on any atom is -0.394 e. The quantitative estimate of drug-likeness (QED) is 0.160. The smallest absolute Gasteiger partial charge is 0.220 e. The summed E-state index contributed by atoms with van der Waals surface area (Å²) in [5, 5.41) is 32.7. The number of amides is 1. The van der Waals surface area contributed by atoms with Crippen LogP contribution in [0.15, 0.2) is 36.5 Å². The molecular formula is C26H47NO4. The van der Waals surface area contributed by atoms with E-state index < -0.39 is 24.9 Å². The highest BCUT2D eigenvalue weighted by Crippen LogP contribution is 2.10. The molecule has 0 fully saturated rings. The van der Waals surface area contributed by atoms with E-state index in [0.29, 0.717) is 12.8 Å². The Hall–Kier alpha value is -1.43. The van der Waals surface area contributed by atoms with Crippen LogP contribution in [0.1, 0.15) is 97.3 Å². The van der Waals surface area contributed by atoms with Crippen LogP contribution in [-0.2, 0) is 4.79 Å². The number of carbonyl (C=O) groups is 1. The maximum absolute atomic E-state index is 12.1. The average Bonchev–Trinajstić information content (AvgIpc) is 2.77. The molecule has 0 aliphatic carbocycles. The molecule has 31 heavy (non-hydrogen) atoms. The molecule has 0 spiro atoms. The van der Waals surface area contributed by atoms with Crippen molar-refractivity contribution in [3.05, 3.63) is 36.5 Å². The normalized spacial score (nSPS) is 15.1. The third-order valence-electron chi connectivity index (χ3n) is 5.29. The van der Waals surface area contributed by atoms with Crippen LogP contribution in [-0.4, -0.2) is 46.1 Å². The molecule has 0 aromatic carbocycles. The van der Waals surface area contributed by atoms with Gasteiger partial charge in [0, 0.05) is 6.42 Å². The van der Waals surface area contributed by atoms with Crippen molar-refractivity contribution in [3.8, 4) is 0 Å². The van der Waals surface area contributed by atoms with Gasteiger partial charge in [-0.05, 0) is 64.7 Å². The van der Waals surface area contributed by atoms with Gasteiger partial charge in [0.15, 0.2) is 0 Å². The lowest BCUT2D eigenvalue weighted by molar-refractivity contribution is -0.124. The monoisotopic (exact) mass is 437 g/mol. The summed E-state index contributed by atoms with van der Waals surface area (Å²) in [5.41, 5.74) is 0. The van der Waals surface area contributed by atoms with E-state index in [1.165, 1.54) is 25.7 Å². The van der Waals surface area contributed by atoms with Crippen molar-refractivity contribution in [1.29, 1.82) is 0 Å². The Morgan fingerprint density at radius 3 is 2.10 bits per heavy atom. The Morgan fingerprint density at radius 1 is 0.839 bits per heavy atom. The van der Waals surface area contributed by atoms with Gasteiger partial charge in [0.05, 0.1) is 18.8 Å². The molecule has 5 nitrogen and oxygen atoms in total. The van der Waals surface area contributed by atoms with Gasteiger partial charge in [0.25, 0.3) is 0 Å². The van der Waals surface area contributed by atoms with E-state index in [0.717, 1.165) is 44.9 Å². The Balaban J connectivity index is 4.00. The summed E-state index contributed by atoms with van der Waals surface area (Å²) in [6, 6.07) is -0.840. The SMILES string of the molecule is C/C=C/CC/C=C/CCCC(O)C(O)C(CO)NC(=O)CCC/C=C\CCCCCC. The van der Waals surface area contributed by atoms with Gasteiger partial charge in [-0.1, -0.05) is 62.6 Å². The molecule has 3 unspecified atom stereocenters. The molecule has 5 heteroatoms. The molecule has 1 amide bonds. The van der Waals surface area contributed by atoms with Crippen LogP contribution in [0.3, 0.4) is 0 Å². The predicted molar refractivity (Wildman–Crippen MR) is 130 cm³/mol. The van der Waals surface area contributed by atoms with Crippen molar-refractivity contribution in [2.45, 2.75) is 116 Å². The second kappa shape index (κ2) is 21.8. The molecule has 0 bridgehead atoms. The Morgan fingerprint density at radius 2 is 1.45 bits per heavy atom. The first-order chi connectivity index (χ1) is 15.1. The van der Waals surface area contributed by atoms with Crippen molar-refractivity contribution in [3.63, 3.8) is 0 Å². The van der Waals surface area contributed by atoms with Gasteiger partial charge >= 0.3 is 0 Å². The lowest BCUT2D eigenvalue weighted by Crippen LogP contribution is -2.50. The van der Waals surface area contributed by atoms with Gasteiger partial charge in [0.1, 0.15) is 6.10 Å². The Bertz CT molecular complexity index is 502. The lowest BCUT2D eigenvalue weighted by Gasteiger charge is -2.26. The zero-order valence-electron chi connectivity index (χ0n) is 19.8. The van der Waals surface area contributed by atoms with Crippen molar-refractivity contribution in [1.82, 2.24) is 5.32 Å². The first kappa shape index (κ1) is 29.6. The fourth-order valence-electron chi connectivity index (χ4n) is 3.30.